The van der Waals surface area contributed by atoms with Crippen LogP contribution in [0.5, 0.6) is 0 Å². The SMILES string of the molecule is Cc1nc(=O)n(-c2ncc(Br)s2)c(C)c1C(C)C(=O)O. The van der Waals surface area contributed by atoms with Gasteiger partial charge in [0.15, 0.2) is 5.13 Å². The molecule has 1 N–H and O–H groups in total. The first kappa shape index (κ1) is 14.9. The zero-order valence-corrected chi connectivity index (χ0v) is 13.4. The Morgan fingerprint density at radius 2 is 2.15 bits per heavy atom. The summed E-state index contributed by atoms with van der Waals surface area (Å²) >= 11 is 4.57. The van der Waals surface area contributed by atoms with Crippen molar-refractivity contribution in [2.45, 2.75) is 26.7 Å². The zero-order chi connectivity index (χ0) is 15.0. The van der Waals surface area contributed by atoms with E-state index in [1.165, 1.54) is 15.9 Å². The van der Waals surface area contributed by atoms with E-state index in [1.54, 1.807) is 27.0 Å². The molecule has 0 aliphatic rings. The van der Waals surface area contributed by atoms with Gasteiger partial charge in [0.25, 0.3) is 0 Å². The van der Waals surface area contributed by atoms with Gasteiger partial charge in [-0.25, -0.2) is 14.3 Å². The second-order valence-electron chi connectivity index (χ2n) is 4.32. The zero-order valence-electron chi connectivity index (χ0n) is 11.0. The first-order valence-corrected chi connectivity index (χ1v) is 7.38. The van der Waals surface area contributed by atoms with Gasteiger partial charge in [-0.1, -0.05) is 11.3 Å². The predicted molar refractivity (Wildman–Crippen MR) is 78.7 cm³/mol. The number of hydrogen-bond donors (Lipinski definition) is 1. The van der Waals surface area contributed by atoms with Crippen molar-refractivity contribution in [2.24, 2.45) is 0 Å². The van der Waals surface area contributed by atoms with Gasteiger partial charge in [0, 0.05) is 17.0 Å². The topological polar surface area (TPSA) is 85.1 Å². The standard InChI is InChI=1S/C12H12BrN3O3S/c1-5(10(17)18)9-6(2)15-11(19)16(7(9)3)12-14-4-8(13)20-12/h4-5H,1-3H3,(H,17,18). The number of halogens is 1. The number of carboxylic acid groups (broad SMARTS) is 1. The maximum Gasteiger partial charge on any atom is 0.354 e. The molecule has 0 saturated carbocycles. The van der Waals surface area contributed by atoms with Crippen LogP contribution in [-0.2, 0) is 4.79 Å². The molecule has 0 saturated heterocycles. The molecule has 6 nitrogen and oxygen atoms in total. The maximum atomic E-state index is 12.1. The largest absolute Gasteiger partial charge is 0.481 e. The highest BCUT2D eigenvalue weighted by Gasteiger charge is 2.23. The fourth-order valence-corrected chi connectivity index (χ4v) is 3.33. The number of aliphatic carboxylic acids is 1. The van der Waals surface area contributed by atoms with Crippen LogP contribution in [0.25, 0.3) is 5.13 Å². The quantitative estimate of drug-likeness (QED) is 0.910. The lowest BCUT2D eigenvalue weighted by molar-refractivity contribution is -0.138. The van der Waals surface area contributed by atoms with Crippen LogP contribution in [-0.4, -0.2) is 25.6 Å². The van der Waals surface area contributed by atoms with E-state index >= 15 is 0 Å². The Morgan fingerprint density at radius 1 is 1.50 bits per heavy atom. The second-order valence-corrected chi connectivity index (χ2v) is 6.71. The average molecular weight is 358 g/mol. The Bertz CT molecular complexity index is 738. The van der Waals surface area contributed by atoms with Crippen LogP contribution >= 0.6 is 27.3 Å². The summed E-state index contributed by atoms with van der Waals surface area (Å²) in [5.41, 5.74) is 1.08. The summed E-state index contributed by atoms with van der Waals surface area (Å²) in [5.74, 6) is -1.69. The number of thiazole rings is 1. The third-order valence-electron chi connectivity index (χ3n) is 3.03. The molecule has 8 heteroatoms. The Hall–Kier alpha value is -1.54. The molecule has 20 heavy (non-hydrogen) atoms. The molecular weight excluding hydrogens is 346 g/mol. The summed E-state index contributed by atoms with van der Waals surface area (Å²) in [4.78, 5) is 31.3. The van der Waals surface area contributed by atoms with Crippen LogP contribution in [0.3, 0.4) is 0 Å². The van der Waals surface area contributed by atoms with Crippen molar-refractivity contribution < 1.29 is 9.90 Å². The minimum atomic E-state index is -0.955. The average Bonchev–Trinajstić information content (AvgIpc) is 2.74. The van der Waals surface area contributed by atoms with Gasteiger partial charge in [0.05, 0.1) is 15.9 Å². The number of carboxylic acids is 1. The number of carbonyl (C=O) groups is 1. The molecule has 0 aliphatic heterocycles. The van der Waals surface area contributed by atoms with Crippen molar-refractivity contribution in [3.63, 3.8) is 0 Å². The Labute approximate surface area is 127 Å². The van der Waals surface area contributed by atoms with Crippen molar-refractivity contribution in [1.82, 2.24) is 14.5 Å². The molecule has 2 aromatic heterocycles. The van der Waals surface area contributed by atoms with E-state index in [4.69, 9.17) is 0 Å². The van der Waals surface area contributed by atoms with Crippen LogP contribution in [0, 0.1) is 13.8 Å². The van der Waals surface area contributed by atoms with Crippen molar-refractivity contribution in [2.75, 3.05) is 0 Å². The second kappa shape index (κ2) is 5.45. The minimum Gasteiger partial charge on any atom is -0.481 e. The number of aryl methyl sites for hydroxylation is 1. The molecule has 0 aliphatic carbocycles. The normalized spacial score (nSPS) is 12.4. The Balaban J connectivity index is 2.74. The van der Waals surface area contributed by atoms with E-state index in [1.807, 2.05) is 0 Å². The molecule has 0 bridgehead atoms. The summed E-state index contributed by atoms with van der Waals surface area (Å²) in [5, 5.41) is 9.65. The summed E-state index contributed by atoms with van der Waals surface area (Å²) in [6.07, 6.45) is 1.59. The number of nitrogens with zero attached hydrogens (tertiary/aromatic N) is 3. The van der Waals surface area contributed by atoms with Gasteiger partial charge in [0.1, 0.15) is 0 Å². The van der Waals surface area contributed by atoms with Crippen molar-refractivity contribution in [3.05, 3.63) is 37.4 Å². The maximum absolute atomic E-state index is 12.1. The van der Waals surface area contributed by atoms with Gasteiger partial charge in [0.2, 0.25) is 0 Å². The summed E-state index contributed by atoms with van der Waals surface area (Å²) < 4.78 is 2.13. The van der Waals surface area contributed by atoms with Crippen molar-refractivity contribution >= 4 is 33.2 Å². The number of rotatable bonds is 3. The van der Waals surface area contributed by atoms with E-state index in [2.05, 4.69) is 25.9 Å². The highest BCUT2D eigenvalue weighted by Crippen LogP contribution is 2.26. The fourth-order valence-electron chi connectivity index (χ4n) is 2.10. The third-order valence-corrected chi connectivity index (χ3v) is 4.49. The molecule has 1 unspecified atom stereocenters. The molecule has 2 heterocycles. The van der Waals surface area contributed by atoms with Crippen LogP contribution in [0.15, 0.2) is 14.8 Å². The lowest BCUT2D eigenvalue weighted by atomic mass is 9.98. The molecular formula is C12H12BrN3O3S. The summed E-state index contributed by atoms with van der Waals surface area (Å²) in [6, 6.07) is 0. The monoisotopic (exact) mass is 357 g/mol. The molecule has 0 fully saturated rings. The molecule has 0 spiro atoms. The van der Waals surface area contributed by atoms with E-state index in [9.17, 15) is 14.7 Å². The Kier molecular flexibility index (Phi) is 4.05. The number of hydrogen-bond acceptors (Lipinski definition) is 5. The van der Waals surface area contributed by atoms with Crippen LogP contribution < -0.4 is 5.69 Å². The molecule has 1 atom stereocenters. The third kappa shape index (κ3) is 2.53. The van der Waals surface area contributed by atoms with Gasteiger partial charge in [-0.3, -0.25) is 4.79 Å². The molecule has 0 aromatic carbocycles. The molecule has 0 amide bonds. The van der Waals surface area contributed by atoms with Crippen LogP contribution in [0.4, 0.5) is 0 Å². The van der Waals surface area contributed by atoms with Crippen molar-refractivity contribution in [1.29, 1.82) is 0 Å². The van der Waals surface area contributed by atoms with E-state index in [0.29, 0.717) is 22.1 Å². The highest BCUT2D eigenvalue weighted by molar-refractivity contribution is 9.11. The van der Waals surface area contributed by atoms with Gasteiger partial charge in [-0.15, -0.1) is 0 Å². The van der Waals surface area contributed by atoms with E-state index in [-0.39, 0.29) is 0 Å². The van der Waals surface area contributed by atoms with E-state index in [0.717, 1.165) is 3.79 Å². The lowest BCUT2D eigenvalue weighted by Crippen LogP contribution is -2.28. The first-order chi connectivity index (χ1) is 9.32. The van der Waals surface area contributed by atoms with Crippen LogP contribution in [0.1, 0.15) is 29.8 Å². The van der Waals surface area contributed by atoms with Gasteiger partial charge < -0.3 is 5.11 Å². The highest BCUT2D eigenvalue weighted by atomic mass is 79.9. The van der Waals surface area contributed by atoms with Gasteiger partial charge >= 0.3 is 11.7 Å². The number of aromatic nitrogens is 3. The lowest BCUT2D eigenvalue weighted by Gasteiger charge is -2.16. The Morgan fingerprint density at radius 3 is 2.65 bits per heavy atom. The molecule has 2 aromatic rings. The summed E-state index contributed by atoms with van der Waals surface area (Å²) in [7, 11) is 0. The first-order valence-electron chi connectivity index (χ1n) is 5.77. The summed E-state index contributed by atoms with van der Waals surface area (Å²) in [6.45, 7) is 4.93. The molecule has 0 radical (unpaired) electrons. The predicted octanol–water partition coefficient (Wildman–Crippen LogP) is 2.26. The van der Waals surface area contributed by atoms with E-state index < -0.39 is 17.6 Å². The molecule has 2 rings (SSSR count). The van der Waals surface area contributed by atoms with Gasteiger partial charge in [-0.2, -0.15) is 4.98 Å². The van der Waals surface area contributed by atoms with Gasteiger partial charge in [-0.05, 0) is 36.7 Å². The fraction of sp³-hybridized carbons (Fsp3) is 0.333. The van der Waals surface area contributed by atoms with Crippen LogP contribution in [0.2, 0.25) is 0 Å². The smallest absolute Gasteiger partial charge is 0.354 e. The minimum absolute atomic E-state index is 0.439. The van der Waals surface area contributed by atoms with Crippen molar-refractivity contribution in [3.8, 4) is 5.13 Å². The molecule has 106 valence electrons.